The van der Waals surface area contributed by atoms with Gasteiger partial charge in [0.2, 0.25) is 0 Å². The van der Waals surface area contributed by atoms with Crippen LogP contribution in [0.5, 0.6) is 0 Å². The molecular weight excluding hydrogens is 157 g/mol. The van der Waals surface area contributed by atoms with E-state index >= 15 is 0 Å². The topological polar surface area (TPSA) is 38.0 Å². The van der Waals surface area contributed by atoms with E-state index in [1.54, 1.807) is 0 Å². The molecule has 0 aliphatic carbocycles. The van der Waals surface area contributed by atoms with Crippen molar-refractivity contribution >= 4 is 5.69 Å². The van der Waals surface area contributed by atoms with E-state index in [4.69, 9.17) is 5.84 Å². The van der Waals surface area contributed by atoms with Crippen molar-refractivity contribution < 1.29 is 13.2 Å². The summed E-state index contributed by atoms with van der Waals surface area (Å²) in [5.74, 6) is 0.804. The van der Waals surface area contributed by atoms with Crippen molar-refractivity contribution in [1.29, 1.82) is 0 Å². The van der Waals surface area contributed by atoms with Crippen LogP contribution >= 0.6 is 0 Å². The van der Waals surface area contributed by atoms with Gasteiger partial charge in [0.05, 0.1) is 5.69 Å². The van der Waals surface area contributed by atoms with Gasteiger partial charge in [-0.3, -0.25) is 5.84 Å². The first-order valence-corrected chi connectivity index (χ1v) is 2.76. The quantitative estimate of drug-likeness (QED) is 0.372. The van der Waals surface area contributed by atoms with Crippen LogP contribution in [-0.2, 0) is 0 Å². The number of anilines is 1. The maximum absolute atomic E-state index is 12.3. The molecule has 0 aliphatic heterocycles. The minimum absolute atomic E-state index is 0.0126. The molecule has 0 unspecified atom stereocenters. The molecule has 0 bridgehead atoms. The number of benzene rings is 1. The number of nitrogens with one attached hydrogen (secondary N) is 1. The lowest BCUT2D eigenvalue weighted by Gasteiger charge is -2.00. The normalized spacial score (nSPS) is 9.82. The molecule has 1 rings (SSSR count). The van der Waals surface area contributed by atoms with Crippen molar-refractivity contribution in [2.45, 2.75) is 0 Å². The summed E-state index contributed by atoms with van der Waals surface area (Å²) >= 11 is 0. The molecule has 0 aliphatic rings. The Labute approximate surface area is 60.8 Å². The number of halogens is 3. The SMILES string of the molecule is NNc1cc(F)c(F)c(F)c1. The van der Waals surface area contributed by atoms with E-state index in [0.717, 1.165) is 12.1 Å². The van der Waals surface area contributed by atoms with Crippen LogP contribution in [-0.4, -0.2) is 0 Å². The molecule has 0 spiro atoms. The van der Waals surface area contributed by atoms with Crippen molar-refractivity contribution in [2.24, 2.45) is 5.84 Å². The third-order valence-electron chi connectivity index (χ3n) is 1.15. The molecule has 0 radical (unpaired) electrons. The summed E-state index contributed by atoms with van der Waals surface area (Å²) < 4.78 is 36.9. The monoisotopic (exact) mass is 162 g/mol. The van der Waals surface area contributed by atoms with Gasteiger partial charge in [0.1, 0.15) is 0 Å². The minimum Gasteiger partial charge on any atom is -0.324 e. The molecule has 1 aromatic carbocycles. The smallest absolute Gasteiger partial charge is 0.194 e. The molecule has 11 heavy (non-hydrogen) atoms. The standard InChI is InChI=1S/C6H5F3N2/c7-4-1-3(11-10)2-5(8)6(4)9/h1-2,11H,10H2. The highest BCUT2D eigenvalue weighted by Crippen LogP contribution is 2.15. The minimum atomic E-state index is -1.50. The van der Waals surface area contributed by atoms with Crippen LogP contribution in [0.4, 0.5) is 18.9 Å². The first kappa shape index (κ1) is 7.87. The van der Waals surface area contributed by atoms with Gasteiger partial charge in [0.15, 0.2) is 17.5 Å². The Balaban J connectivity index is 3.21. The molecule has 0 aromatic heterocycles. The van der Waals surface area contributed by atoms with Gasteiger partial charge in [-0.15, -0.1) is 0 Å². The van der Waals surface area contributed by atoms with Crippen molar-refractivity contribution in [3.63, 3.8) is 0 Å². The molecule has 0 heterocycles. The van der Waals surface area contributed by atoms with E-state index in [9.17, 15) is 13.2 Å². The Morgan fingerprint density at radius 2 is 1.55 bits per heavy atom. The predicted octanol–water partition coefficient (Wildman–Crippen LogP) is 1.39. The second kappa shape index (κ2) is 2.79. The average molecular weight is 162 g/mol. The van der Waals surface area contributed by atoms with Crippen molar-refractivity contribution in [3.8, 4) is 0 Å². The van der Waals surface area contributed by atoms with Gasteiger partial charge in [-0.05, 0) is 0 Å². The first-order chi connectivity index (χ1) is 5.15. The van der Waals surface area contributed by atoms with Crippen LogP contribution in [0.25, 0.3) is 0 Å². The van der Waals surface area contributed by atoms with Gasteiger partial charge < -0.3 is 5.43 Å². The number of hydrogen-bond acceptors (Lipinski definition) is 2. The Kier molecular flexibility index (Phi) is 2.00. The zero-order valence-electron chi connectivity index (χ0n) is 5.37. The third kappa shape index (κ3) is 1.43. The summed E-state index contributed by atoms with van der Waals surface area (Å²) in [4.78, 5) is 0. The number of nitrogens with two attached hydrogens (primary N) is 1. The Morgan fingerprint density at radius 3 is 1.91 bits per heavy atom. The fraction of sp³-hybridized carbons (Fsp3) is 0. The van der Waals surface area contributed by atoms with Crippen molar-refractivity contribution in [1.82, 2.24) is 0 Å². The molecule has 0 amide bonds. The van der Waals surface area contributed by atoms with Crippen LogP contribution in [0, 0.1) is 17.5 Å². The molecular formula is C6H5F3N2. The molecule has 0 saturated heterocycles. The molecule has 0 saturated carbocycles. The average Bonchev–Trinajstić information content (AvgIpc) is 1.99. The van der Waals surface area contributed by atoms with E-state index in [1.165, 1.54) is 0 Å². The predicted molar refractivity (Wildman–Crippen MR) is 34.1 cm³/mol. The highest BCUT2D eigenvalue weighted by Gasteiger charge is 2.09. The van der Waals surface area contributed by atoms with E-state index < -0.39 is 17.5 Å². The molecule has 60 valence electrons. The van der Waals surface area contributed by atoms with E-state index in [0.29, 0.717) is 0 Å². The van der Waals surface area contributed by atoms with Gasteiger partial charge in [-0.2, -0.15) is 0 Å². The van der Waals surface area contributed by atoms with E-state index in [-0.39, 0.29) is 5.69 Å². The van der Waals surface area contributed by atoms with E-state index in [1.807, 2.05) is 5.43 Å². The maximum atomic E-state index is 12.3. The lowest BCUT2D eigenvalue weighted by Crippen LogP contribution is -2.08. The molecule has 0 fully saturated rings. The van der Waals surface area contributed by atoms with Crippen LogP contribution in [0.3, 0.4) is 0 Å². The highest BCUT2D eigenvalue weighted by molar-refractivity contribution is 5.42. The van der Waals surface area contributed by atoms with Crippen LogP contribution < -0.4 is 11.3 Å². The lowest BCUT2D eigenvalue weighted by molar-refractivity contribution is 0.448. The second-order valence-corrected chi connectivity index (χ2v) is 1.90. The summed E-state index contributed by atoms with van der Waals surface area (Å²) in [6.07, 6.45) is 0. The number of nitrogen functional groups attached to an aromatic ring is 1. The van der Waals surface area contributed by atoms with Gasteiger partial charge in [0, 0.05) is 12.1 Å². The van der Waals surface area contributed by atoms with Gasteiger partial charge in [0.25, 0.3) is 0 Å². The van der Waals surface area contributed by atoms with Crippen LogP contribution in [0.1, 0.15) is 0 Å². The highest BCUT2D eigenvalue weighted by atomic mass is 19.2. The van der Waals surface area contributed by atoms with Gasteiger partial charge in [-0.1, -0.05) is 0 Å². The zero-order valence-corrected chi connectivity index (χ0v) is 5.37. The fourth-order valence-electron chi connectivity index (χ4n) is 0.639. The Bertz CT molecular complexity index is 252. The molecule has 1 aromatic rings. The van der Waals surface area contributed by atoms with Crippen LogP contribution in [0.15, 0.2) is 12.1 Å². The molecule has 5 heteroatoms. The van der Waals surface area contributed by atoms with Gasteiger partial charge in [-0.25, -0.2) is 13.2 Å². The molecule has 2 nitrogen and oxygen atoms in total. The van der Waals surface area contributed by atoms with Crippen LogP contribution in [0.2, 0.25) is 0 Å². The number of rotatable bonds is 1. The molecule has 0 atom stereocenters. The summed E-state index contributed by atoms with van der Waals surface area (Å²) in [7, 11) is 0. The summed E-state index contributed by atoms with van der Waals surface area (Å²) in [6.45, 7) is 0. The zero-order chi connectivity index (χ0) is 8.43. The largest absolute Gasteiger partial charge is 0.324 e. The van der Waals surface area contributed by atoms with E-state index in [2.05, 4.69) is 0 Å². The Hall–Kier alpha value is -1.23. The summed E-state index contributed by atoms with van der Waals surface area (Å²) in [5, 5.41) is 0. The van der Waals surface area contributed by atoms with Crippen molar-refractivity contribution in [3.05, 3.63) is 29.6 Å². The Morgan fingerprint density at radius 1 is 1.09 bits per heavy atom. The first-order valence-electron chi connectivity index (χ1n) is 2.76. The summed E-state index contributed by atoms with van der Waals surface area (Å²) in [5.41, 5.74) is 1.98. The fourth-order valence-corrected chi connectivity index (χ4v) is 0.639. The molecule has 3 N–H and O–H groups in total. The second-order valence-electron chi connectivity index (χ2n) is 1.90. The number of hydrogen-bond donors (Lipinski definition) is 2. The maximum Gasteiger partial charge on any atom is 0.194 e. The van der Waals surface area contributed by atoms with Crippen molar-refractivity contribution in [2.75, 3.05) is 5.43 Å². The van der Waals surface area contributed by atoms with Gasteiger partial charge >= 0.3 is 0 Å². The lowest BCUT2D eigenvalue weighted by atomic mass is 10.3. The summed E-state index contributed by atoms with van der Waals surface area (Å²) in [6, 6.07) is 1.52. The third-order valence-corrected chi connectivity index (χ3v) is 1.15. The number of hydrazine groups is 1.